The third-order valence-electron chi connectivity index (χ3n) is 3.65. The van der Waals surface area contributed by atoms with E-state index in [1.807, 2.05) is 24.0 Å². The first-order chi connectivity index (χ1) is 9.06. The molecule has 0 atom stereocenters. The molecular weight excluding hydrogens is 240 g/mol. The van der Waals surface area contributed by atoms with Crippen LogP contribution in [0.4, 0.5) is 0 Å². The Kier molecular flexibility index (Phi) is 4.43. The monoisotopic (exact) mass is 263 g/mol. The van der Waals surface area contributed by atoms with Crippen LogP contribution < -0.4 is 9.64 Å². The van der Waals surface area contributed by atoms with E-state index < -0.39 is 0 Å². The van der Waals surface area contributed by atoms with Crippen LogP contribution in [-0.2, 0) is 4.79 Å². The lowest BCUT2D eigenvalue weighted by molar-refractivity contribution is -0.883. The fourth-order valence-corrected chi connectivity index (χ4v) is 2.33. The van der Waals surface area contributed by atoms with E-state index in [-0.39, 0.29) is 12.5 Å². The Morgan fingerprint density at radius 2 is 2.00 bits per heavy atom. The van der Waals surface area contributed by atoms with Crippen molar-refractivity contribution in [2.45, 2.75) is 13.8 Å². The smallest absolute Gasteiger partial charge is 0.260 e. The quantitative estimate of drug-likeness (QED) is 0.835. The van der Waals surface area contributed by atoms with E-state index in [0.717, 1.165) is 37.5 Å². The molecule has 0 bridgehead atoms. The number of piperazine rings is 1. The van der Waals surface area contributed by atoms with Crippen molar-refractivity contribution in [3.05, 3.63) is 29.3 Å². The largest absolute Gasteiger partial charge is 0.484 e. The van der Waals surface area contributed by atoms with Gasteiger partial charge < -0.3 is 14.5 Å². The average Bonchev–Trinajstić information content (AvgIpc) is 2.38. The number of rotatable bonds is 3. The molecule has 1 aliphatic heterocycles. The molecule has 19 heavy (non-hydrogen) atoms. The number of quaternary nitrogens is 1. The number of carbonyl (C=O) groups excluding carboxylic acids is 1. The molecule has 2 rings (SSSR count). The summed E-state index contributed by atoms with van der Waals surface area (Å²) in [5.41, 5.74) is 2.29. The Hall–Kier alpha value is -1.55. The predicted octanol–water partition coefficient (Wildman–Crippen LogP) is 0.0391. The van der Waals surface area contributed by atoms with E-state index in [0.29, 0.717) is 0 Å². The summed E-state index contributed by atoms with van der Waals surface area (Å²) in [6, 6.07) is 6.01. The molecule has 0 spiro atoms. The fourth-order valence-electron chi connectivity index (χ4n) is 2.33. The molecule has 1 heterocycles. The molecule has 1 fully saturated rings. The summed E-state index contributed by atoms with van der Waals surface area (Å²) in [4.78, 5) is 15.4. The summed E-state index contributed by atoms with van der Waals surface area (Å²) in [5.74, 6) is 0.895. The number of aryl methyl sites for hydroxylation is 2. The van der Waals surface area contributed by atoms with E-state index in [9.17, 15) is 4.79 Å². The number of amides is 1. The van der Waals surface area contributed by atoms with E-state index in [2.05, 4.69) is 20.0 Å². The van der Waals surface area contributed by atoms with E-state index >= 15 is 0 Å². The molecule has 1 N–H and O–H groups in total. The fraction of sp³-hybridized carbons (Fsp3) is 0.533. The van der Waals surface area contributed by atoms with Crippen molar-refractivity contribution in [3.63, 3.8) is 0 Å². The predicted molar refractivity (Wildman–Crippen MR) is 74.6 cm³/mol. The molecule has 4 heteroatoms. The van der Waals surface area contributed by atoms with Gasteiger partial charge in [-0.05, 0) is 25.5 Å². The normalized spacial score (nSPS) is 16.5. The molecule has 104 valence electrons. The summed E-state index contributed by atoms with van der Waals surface area (Å²) < 4.78 is 5.64. The van der Waals surface area contributed by atoms with Crippen LogP contribution in [0.1, 0.15) is 11.1 Å². The zero-order valence-corrected chi connectivity index (χ0v) is 12.0. The number of likely N-dealkylation sites (N-methyl/N-ethyl adjacent to an activating group) is 1. The summed E-state index contributed by atoms with van der Waals surface area (Å²) >= 11 is 0. The Bertz CT molecular complexity index is 451. The number of hydrogen-bond donors (Lipinski definition) is 1. The Balaban J connectivity index is 1.86. The van der Waals surface area contributed by atoms with Gasteiger partial charge in [0, 0.05) is 0 Å². The second-order valence-electron chi connectivity index (χ2n) is 5.40. The Morgan fingerprint density at radius 1 is 1.32 bits per heavy atom. The van der Waals surface area contributed by atoms with E-state index in [1.54, 1.807) is 0 Å². The zero-order chi connectivity index (χ0) is 13.8. The molecule has 1 aliphatic rings. The van der Waals surface area contributed by atoms with Gasteiger partial charge in [0.05, 0.1) is 33.2 Å². The van der Waals surface area contributed by atoms with Crippen molar-refractivity contribution < 1.29 is 14.4 Å². The third kappa shape index (κ3) is 3.70. The van der Waals surface area contributed by atoms with Crippen LogP contribution in [0.3, 0.4) is 0 Å². The lowest BCUT2D eigenvalue weighted by atomic mass is 10.1. The second-order valence-corrected chi connectivity index (χ2v) is 5.40. The van der Waals surface area contributed by atoms with Crippen LogP contribution in [0.25, 0.3) is 0 Å². The number of hydrogen-bond acceptors (Lipinski definition) is 2. The third-order valence-corrected chi connectivity index (χ3v) is 3.65. The van der Waals surface area contributed by atoms with Gasteiger partial charge in [0.25, 0.3) is 5.91 Å². The highest BCUT2D eigenvalue weighted by Crippen LogP contribution is 2.18. The van der Waals surface area contributed by atoms with Crippen molar-refractivity contribution in [1.82, 2.24) is 4.90 Å². The van der Waals surface area contributed by atoms with Crippen molar-refractivity contribution in [2.75, 3.05) is 39.8 Å². The Morgan fingerprint density at radius 3 is 2.63 bits per heavy atom. The maximum absolute atomic E-state index is 12.0. The minimum absolute atomic E-state index is 0.0903. The van der Waals surface area contributed by atoms with Gasteiger partial charge in [0.15, 0.2) is 6.61 Å². The first-order valence-electron chi connectivity index (χ1n) is 6.85. The summed E-state index contributed by atoms with van der Waals surface area (Å²) in [7, 11) is 2.16. The molecule has 1 aromatic rings. The summed E-state index contributed by atoms with van der Waals surface area (Å²) in [6.45, 7) is 7.91. The highest BCUT2D eigenvalue weighted by atomic mass is 16.5. The van der Waals surface area contributed by atoms with Crippen LogP contribution in [0, 0.1) is 13.8 Å². The maximum Gasteiger partial charge on any atom is 0.260 e. The molecule has 1 aromatic carbocycles. The van der Waals surface area contributed by atoms with Gasteiger partial charge in [0.1, 0.15) is 5.75 Å². The van der Waals surface area contributed by atoms with E-state index in [1.165, 1.54) is 10.5 Å². The number of nitrogens with one attached hydrogen (secondary N) is 1. The minimum Gasteiger partial charge on any atom is -0.484 e. The molecule has 4 nitrogen and oxygen atoms in total. The van der Waals surface area contributed by atoms with Gasteiger partial charge in [-0.25, -0.2) is 0 Å². The first-order valence-corrected chi connectivity index (χ1v) is 6.85. The van der Waals surface area contributed by atoms with Crippen LogP contribution in [0.5, 0.6) is 5.75 Å². The van der Waals surface area contributed by atoms with Crippen molar-refractivity contribution in [2.24, 2.45) is 0 Å². The lowest BCUT2D eigenvalue weighted by Gasteiger charge is -2.30. The highest BCUT2D eigenvalue weighted by molar-refractivity contribution is 5.77. The Labute approximate surface area is 115 Å². The summed E-state index contributed by atoms with van der Waals surface area (Å²) in [6.07, 6.45) is 0. The first kappa shape index (κ1) is 13.9. The second kappa shape index (κ2) is 6.06. The molecule has 0 unspecified atom stereocenters. The lowest BCUT2D eigenvalue weighted by Crippen LogP contribution is -3.12. The molecule has 1 saturated heterocycles. The van der Waals surface area contributed by atoms with Crippen molar-refractivity contribution >= 4 is 5.91 Å². The highest BCUT2D eigenvalue weighted by Gasteiger charge is 2.21. The van der Waals surface area contributed by atoms with Gasteiger partial charge in [-0.2, -0.15) is 0 Å². The molecule has 0 saturated carbocycles. The number of nitrogens with zero attached hydrogens (tertiary/aromatic N) is 1. The van der Waals surface area contributed by atoms with Gasteiger partial charge in [-0.15, -0.1) is 0 Å². The molecular formula is C15H23N2O2+. The van der Waals surface area contributed by atoms with Gasteiger partial charge in [0.2, 0.25) is 0 Å². The minimum atomic E-state index is 0.0903. The molecule has 0 aromatic heterocycles. The number of benzene rings is 1. The zero-order valence-electron chi connectivity index (χ0n) is 12.0. The molecule has 0 aliphatic carbocycles. The van der Waals surface area contributed by atoms with Crippen LogP contribution in [0.2, 0.25) is 0 Å². The maximum atomic E-state index is 12.0. The van der Waals surface area contributed by atoms with Crippen LogP contribution in [-0.4, -0.2) is 50.6 Å². The standard InChI is InChI=1S/C15H22N2O2/c1-12-4-5-14(13(2)10-12)19-11-15(18)17-8-6-16(3)7-9-17/h4-5,10H,6-9,11H2,1-3H3/p+1. The van der Waals surface area contributed by atoms with Crippen molar-refractivity contribution in [3.8, 4) is 5.75 Å². The average molecular weight is 263 g/mol. The number of carbonyl (C=O) groups is 1. The topological polar surface area (TPSA) is 34.0 Å². The van der Waals surface area contributed by atoms with Gasteiger partial charge in [-0.1, -0.05) is 17.7 Å². The SMILES string of the molecule is Cc1ccc(OCC(=O)N2CC[NH+](C)CC2)c(C)c1. The molecule has 1 amide bonds. The van der Waals surface area contributed by atoms with E-state index in [4.69, 9.17) is 4.74 Å². The summed E-state index contributed by atoms with van der Waals surface area (Å²) in [5, 5.41) is 0. The number of ether oxygens (including phenoxy) is 1. The van der Waals surface area contributed by atoms with Crippen molar-refractivity contribution in [1.29, 1.82) is 0 Å². The van der Waals surface area contributed by atoms with Crippen LogP contribution in [0.15, 0.2) is 18.2 Å². The van der Waals surface area contributed by atoms with Gasteiger partial charge in [-0.3, -0.25) is 4.79 Å². The van der Waals surface area contributed by atoms with Crippen LogP contribution >= 0.6 is 0 Å². The molecule has 0 radical (unpaired) electrons. The van der Waals surface area contributed by atoms with Gasteiger partial charge >= 0.3 is 0 Å².